The molecule has 1 amide bonds. The average molecular weight is 388 g/mol. The van der Waals surface area contributed by atoms with Crippen molar-refractivity contribution in [2.45, 2.75) is 6.92 Å². The Bertz CT molecular complexity index is 830. The van der Waals surface area contributed by atoms with Crippen LogP contribution < -0.4 is 5.32 Å². The van der Waals surface area contributed by atoms with Crippen molar-refractivity contribution < 1.29 is 4.79 Å². The van der Waals surface area contributed by atoms with E-state index in [1.165, 1.54) is 0 Å². The van der Waals surface area contributed by atoms with Gasteiger partial charge in [0.25, 0.3) is 5.91 Å². The molecule has 104 valence electrons. The molecule has 0 aliphatic carbocycles. The van der Waals surface area contributed by atoms with E-state index >= 15 is 0 Å². The van der Waals surface area contributed by atoms with Gasteiger partial charge in [0.1, 0.15) is 0 Å². The molecule has 0 fully saturated rings. The van der Waals surface area contributed by atoms with Crippen LogP contribution in [0.5, 0.6) is 0 Å². The fourth-order valence-corrected chi connectivity index (χ4v) is 2.48. The number of nitrogens with zero attached hydrogens (tertiary/aromatic N) is 1. The van der Waals surface area contributed by atoms with Crippen LogP contribution in [0.3, 0.4) is 0 Å². The Hall–Kier alpha value is -1.95. The molecule has 0 unspecified atom stereocenters. The summed E-state index contributed by atoms with van der Waals surface area (Å²) < 4.78 is 1.15. The van der Waals surface area contributed by atoms with Gasteiger partial charge in [0.2, 0.25) is 0 Å². The lowest BCUT2D eigenvalue weighted by atomic mass is 10.1. The number of aryl methyl sites for hydroxylation is 1. The van der Waals surface area contributed by atoms with Crippen LogP contribution in [0.15, 0.2) is 54.7 Å². The van der Waals surface area contributed by atoms with Crippen LogP contribution in [-0.2, 0) is 0 Å². The average Bonchev–Trinajstić information content (AvgIpc) is 2.50. The monoisotopic (exact) mass is 388 g/mol. The van der Waals surface area contributed by atoms with Crippen molar-refractivity contribution in [1.82, 2.24) is 4.98 Å². The highest BCUT2D eigenvalue weighted by atomic mass is 127. The summed E-state index contributed by atoms with van der Waals surface area (Å²) in [5, 5.41) is 3.94. The highest BCUT2D eigenvalue weighted by Crippen LogP contribution is 2.19. The predicted molar refractivity (Wildman–Crippen MR) is 93.6 cm³/mol. The molecule has 0 saturated carbocycles. The number of pyridine rings is 1. The normalized spacial score (nSPS) is 10.6. The molecular formula is C17H13IN2O. The number of halogens is 1. The fourth-order valence-electron chi connectivity index (χ4n) is 2.14. The highest BCUT2D eigenvalue weighted by molar-refractivity contribution is 14.1. The first kappa shape index (κ1) is 14.0. The minimum Gasteiger partial charge on any atom is -0.322 e. The molecule has 0 saturated heterocycles. The molecule has 0 aliphatic rings. The molecule has 1 aromatic heterocycles. The summed E-state index contributed by atoms with van der Waals surface area (Å²) >= 11 is 2.26. The van der Waals surface area contributed by atoms with Crippen LogP contribution in [0.2, 0.25) is 0 Å². The molecule has 0 atom stereocenters. The van der Waals surface area contributed by atoms with Crippen molar-refractivity contribution in [3.8, 4) is 0 Å². The van der Waals surface area contributed by atoms with Gasteiger partial charge in [-0.1, -0.05) is 6.07 Å². The van der Waals surface area contributed by atoms with Crippen molar-refractivity contribution in [3.63, 3.8) is 0 Å². The maximum Gasteiger partial charge on any atom is 0.255 e. The van der Waals surface area contributed by atoms with E-state index in [0.29, 0.717) is 5.56 Å². The molecule has 0 bridgehead atoms. The SMILES string of the molecule is Cc1cc(C(=O)Nc2ccc3ncccc3c2)ccc1I. The standard InChI is InChI=1S/C17H13IN2O/c1-11-9-13(4-6-15(11)18)17(21)20-14-5-7-16-12(10-14)3-2-8-19-16/h2-10H,1H3,(H,20,21). The van der Waals surface area contributed by atoms with Gasteiger partial charge in [-0.3, -0.25) is 9.78 Å². The molecule has 3 nitrogen and oxygen atoms in total. The lowest BCUT2D eigenvalue weighted by Gasteiger charge is -2.07. The van der Waals surface area contributed by atoms with Crippen LogP contribution >= 0.6 is 22.6 Å². The van der Waals surface area contributed by atoms with Crippen molar-refractivity contribution in [1.29, 1.82) is 0 Å². The minimum absolute atomic E-state index is 0.0993. The Morgan fingerprint density at radius 2 is 2.00 bits per heavy atom. The summed E-state index contributed by atoms with van der Waals surface area (Å²) in [5.41, 5.74) is 3.46. The molecule has 4 heteroatoms. The molecule has 0 radical (unpaired) electrons. The molecule has 2 aromatic carbocycles. The van der Waals surface area contributed by atoms with E-state index in [1.807, 2.05) is 55.5 Å². The second kappa shape index (κ2) is 5.81. The minimum atomic E-state index is -0.0993. The molecule has 1 heterocycles. The number of amides is 1. The largest absolute Gasteiger partial charge is 0.322 e. The Balaban J connectivity index is 1.87. The summed E-state index contributed by atoms with van der Waals surface area (Å²) in [6, 6.07) is 15.3. The van der Waals surface area contributed by atoms with Crippen molar-refractivity contribution >= 4 is 45.1 Å². The maximum absolute atomic E-state index is 12.3. The van der Waals surface area contributed by atoms with E-state index < -0.39 is 0 Å². The fraction of sp³-hybridized carbons (Fsp3) is 0.0588. The number of fused-ring (bicyclic) bond motifs is 1. The van der Waals surface area contributed by atoms with Crippen molar-refractivity contribution in [2.24, 2.45) is 0 Å². The van der Waals surface area contributed by atoms with Crippen molar-refractivity contribution in [2.75, 3.05) is 5.32 Å². The van der Waals surface area contributed by atoms with E-state index in [-0.39, 0.29) is 5.91 Å². The number of rotatable bonds is 2. The third-order valence-electron chi connectivity index (χ3n) is 3.28. The first-order valence-corrected chi connectivity index (χ1v) is 7.64. The van der Waals surface area contributed by atoms with Crippen LogP contribution in [0.25, 0.3) is 10.9 Å². The van der Waals surface area contributed by atoms with Crippen LogP contribution in [0, 0.1) is 10.5 Å². The first-order chi connectivity index (χ1) is 10.1. The summed E-state index contributed by atoms with van der Waals surface area (Å²) in [7, 11) is 0. The zero-order valence-corrected chi connectivity index (χ0v) is 13.6. The number of carbonyl (C=O) groups is 1. The number of benzene rings is 2. The Labute approximate surface area is 136 Å². The Morgan fingerprint density at radius 3 is 2.81 bits per heavy atom. The molecule has 0 aliphatic heterocycles. The number of nitrogens with one attached hydrogen (secondary N) is 1. The van der Waals surface area contributed by atoms with Gasteiger partial charge in [-0.2, -0.15) is 0 Å². The third kappa shape index (κ3) is 3.05. The van der Waals surface area contributed by atoms with Gasteiger partial charge in [0.15, 0.2) is 0 Å². The number of carbonyl (C=O) groups excluding carboxylic acids is 1. The van der Waals surface area contributed by atoms with E-state index in [4.69, 9.17) is 0 Å². The zero-order valence-electron chi connectivity index (χ0n) is 11.4. The van der Waals surface area contributed by atoms with E-state index in [9.17, 15) is 4.79 Å². The molecule has 3 rings (SSSR count). The zero-order chi connectivity index (χ0) is 14.8. The topological polar surface area (TPSA) is 42.0 Å². The smallest absolute Gasteiger partial charge is 0.255 e. The van der Waals surface area contributed by atoms with Gasteiger partial charge in [-0.25, -0.2) is 0 Å². The van der Waals surface area contributed by atoms with Gasteiger partial charge < -0.3 is 5.32 Å². The number of aromatic nitrogens is 1. The van der Waals surface area contributed by atoms with Crippen LogP contribution in [-0.4, -0.2) is 10.9 Å². The summed E-state index contributed by atoms with van der Waals surface area (Å²) in [6.07, 6.45) is 1.76. The van der Waals surface area contributed by atoms with Gasteiger partial charge in [0.05, 0.1) is 5.52 Å². The number of anilines is 1. The summed E-state index contributed by atoms with van der Waals surface area (Å²) in [6.45, 7) is 2.00. The molecule has 1 N–H and O–H groups in total. The quantitative estimate of drug-likeness (QED) is 0.662. The van der Waals surface area contributed by atoms with E-state index in [1.54, 1.807) is 6.20 Å². The van der Waals surface area contributed by atoms with E-state index in [2.05, 4.69) is 32.9 Å². The third-order valence-corrected chi connectivity index (χ3v) is 4.49. The Kier molecular flexibility index (Phi) is 3.88. The van der Waals surface area contributed by atoms with Crippen LogP contribution in [0.1, 0.15) is 15.9 Å². The number of hydrogen-bond acceptors (Lipinski definition) is 2. The number of hydrogen-bond donors (Lipinski definition) is 1. The molecule has 21 heavy (non-hydrogen) atoms. The maximum atomic E-state index is 12.3. The van der Waals surface area contributed by atoms with Gasteiger partial charge >= 0.3 is 0 Å². The van der Waals surface area contributed by atoms with Gasteiger partial charge in [-0.15, -0.1) is 0 Å². The second-order valence-corrected chi connectivity index (χ2v) is 5.99. The second-order valence-electron chi connectivity index (χ2n) is 4.83. The molecule has 3 aromatic rings. The van der Waals surface area contributed by atoms with Crippen molar-refractivity contribution in [3.05, 3.63) is 69.4 Å². The van der Waals surface area contributed by atoms with Gasteiger partial charge in [0, 0.05) is 26.4 Å². The molecular weight excluding hydrogens is 375 g/mol. The lowest BCUT2D eigenvalue weighted by Crippen LogP contribution is -2.12. The Morgan fingerprint density at radius 1 is 1.14 bits per heavy atom. The first-order valence-electron chi connectivity index (χ1n) is 6.56. The van der Waals surface area contributed by atoms with Gasteiger partial charge in [-0.05, 0) is 77.5 Å². The van der Waals surface area contributed by atoms with E-state index in [0.717, 1.165) is 25.7 Å². The lowest BCUT2D eigenvalue weighted by molar-refractivity contribution is 0.102. The summed E-state index contributed by atoms with van der Waals surface area (Å²) in [4.78, 5) is 16.6. The summed E-state index contributed by atoms with van der Waals surface area (Å²) in [5.74, 6) is -0.0993. The highest BCUT2D eigenvalue weighted by Gasteiger charge is 2.08. The predicted octanol–water partition coefficient (Wildman–Crippen LogP) is 4.40. The van der Waals surface area contributed by atoms with Crippen LogP contribution in [0.4, 0.5) is 5.69 Å². The molecule has 0 spiro atoms.